The van der Waals surface area contributed by atoms with Crippen molar-refractivity contribution < 1.29 is 15.6 Å². The number of benzene rings is 1. The molecule has 0 unspecified atom stereocenters. The fraction of sp³-hybridized carbons (Fsp3) is 0.500. The number of ether oxygens (including phenoxy) is 1. The normalized spacial score (nSPS) is 19.7. The van der Waals surface area contributed by atoms with Crippen LogP contribution in [-0.2, 0) is 22.1 Å². The Labute approximate surface area is 135 Å². The molecule has 110 valence electrons. The van der Waals surface area contributed by atoms with E-state index < -0.39 is 0 Å². The van der Waals surface area contributed by atoms with Gasteiger partial charge < -0.3 is 4.74 Å². The number of hydrogen-bond donors (Lipinski definition) is 0. The van der Waals surface area contributed by atoms with Gasteiger partial charge in [0.25, 0.3) is 0 Å². The second-order valence-electron chi connectivity index (χ2n) is 4.39. The van der Waals surface area contributed by atoms with Crippen molar-refractivity contribution in [2.45, 2.75) is 44.8 Å². The zero-order chi connectivity index (χ0) is 14.1. The van der Waals surface area contributed by atoms with Crippen molar-refractivity contribution in [3.05, 3.63) is 35.9 Å². The molecule has 1 aliphatic heterocycles. The Morgan fingerprint density at radius 1 is 1.21 bits per heavy atom. The van der Waals surface area contributed by atoms with Crippen LogP contribution in [0.1, 0.15) is 32.3 Å². The zero-order valence-corrected chi connectivity index (χ0v) is 15.2. The maximum atomic E-state index is 5.73. The second kappa shape index (κ2) is 9.15. The molecule has 0 aromatic heterocycles. The van der Waals surface area contributed by atoms with Crippen molar-refractivity contribution in [2.24, 2.45) is 4.99 Å². The van der Waals surface area contributed by atoms with Gasteiger partial charge in [0.05, 0.1) is 6.04 Å². The molecule has 0 saturated carbocycles. The molecule has 0 saturated heterocycles. The Hall–Kier alpha value is 0.144. The second-order valence-corrected chi connectivity index (χ2v) is 9.38. The van der Waals surface area contributed by atoms with Gasteiger partial charge in [-0.2, -0.15) is 0 Å². The molecule has 0 radical (unpaired) electrons. The van der Waals surface area contributed by atoms with E-state index in [2.05, 4.69) is 71.6 Å². The first-order valence-corrected chi connectivity index (χ1v) is 11.2. The molecule has 2 nitrogen and oxygen atoms in total. The Balaban J connectivity index is 0.000000550. The Bertz CT molecular complexity index is 382. The van der Waals surface area contributed by atoms with Gasteiger partial charge in [0, 0.05) is 0 Å². The van der Waals surface area contributed by atoms with E-state index in [0.717, 1.165) is 19.3 Å². The van der Waals surface area contributed by atoms with Gasteiger partial charge >= 0.3 is 39.3 Å². The van der Waals surface area contributed by atoms with Gasteiger partial charge in [-0.25, -0.2) is 0 Å². The van der Waals surface area contributed by atoms with Crippen LogP contribution in [0.3, 0.4) is 0 Å². The summed E-state index contributed by atoms with van der Waals surface area (Å²) in [4.78, 5) is 4.48. The summed E-state index contributed by atoms with van der Waals surface area (Å²) < 4.78 is 5.73. The summed E-state index contributed by atoms with van der Waals surface area (Å²) in [6.45, 7) is 4.35. The van der Waals surface area contributed by atoms with Gasteiger partial charge in [-0.1, -0.05) is 44.2 Å². The predicted molar refractivity (Wildman–Crippen MR) is 84.7 cm³/mol. The van der Waals surface area contributed by atoms with Crippen molar-refractivity contribution in [2.75, 3.05) is 0 Å². The molecule has 1 aromatic carbocycles. The fourth-order valence-corrected chi connectivity index (χ4v) is 2.39. The number of halogens is 2. The van der Waals surface area contributed by atoms with E-state index in [4.69, 9.17) is 4.74 Å². The van der Waals surface area contributed by atoms with Crippen LogP contribution in [0.25, 0.3) is 0 Å². The van der Waals surface area contributed by atoms with Crippen LogP contribution in [0.15, 0.2) is 35.3 Å². The zero-order valence-electron chi connectivity index (χ0n) is 11.1. The number of rotatable bonds is 4. The van der Waals surface area contributed by atoms with Crippen LogP contribution < -0.4 is 0 Å². The molecular weight excluding hydrogens is 417 g/mol. The monoisotopic (exact) mass is 433 g/mol. The van der Waals surface area contributed by atoms with Gasteiger partial charge in [0.2, 0.25) is 0 Å². The summed E-state index contributed by atoms with van der Waals surface area (Å²) in [5.41, 5.74) is 1.26. The molecule has 0 amide bonds. The molecule has 1 aromatic rings. The molecule has 1 atom stereocenters. The van der Waals surface area contributed by atoms with Crippen molar-refractivity contribution in [3.63, 3.8) is 0 Å². The van der Waals surface area contributed by atoms with Crippen LogP contribution in [-0.4, -0.2) is 18.0 Å². The molecule has 0 aliphatic carbocycles. The Morgan fingerprint density at radius 2 is 1.79 bits per heavy atom. The minimum absolute atomic E-state index is 0.0736. The third-order valence-electron chi connectivity index (χ3n) is 3.60. The van der Waals surface area contributed by atoms with Crippen LogP contribution in [0.5, 0.6) is 0 Å². The van der Waals surface area contributed by atoms with Crippen LogP contribution >= 0.6 is 28.5 Å². The Kier molecular flexibility index (Phi) is 8.28. The summed E-state index contributed by atoms with van der Waals surface area (Å²) in [7, 11) is 1.25. The standard InChI is InChI=1S/C14H19NO.2BrH.Ni/c1-3-14(4-2)13(15-11-16-14)10-12-8-6-5-7-9-12;;;/h5-9,11,13H,3-4,10H2,1-2H3;2*1H;/q;;;+2/p-2/t13-;;;/m1.../s1. The average molecular weight is 436 g/mol. The molecule has 19 heavy (non-hydrogen) atoms. The van der Waals surface area contributed by atoms with E-state index in [1.807, 2.05) is 6.07 Å². The van der Waals surface area contributed by atoms with Gasteiger partial charge in [-0.15, -0.1) is 0 Å². The van der Waals surface area contributed by atoms with Crippen LogP contribution in [0, 0.1) is 0 Å². The van der Waals surface area contributed by atoms with Crippen LogP contribution in [0.4, 0.5) is 0 Å². The number of aliphatic imine (C=N–C) groups is 1. The first-order valence-electron chi connectivity index (χ1n) is 6.28. The third-order valence-corrected chi connectivity index (χ3v) is 3.60. The van der Waals surface area contributed by atoms with Gasteiger partial charge in [0.15, 0.2) is 6.40 Å². The topological polar surface area (TPSA) is 21.6 Å². The summed E-state index contributed by atoms with van der Waals surface area (Å²) in [5, 5.41) is 0. The number of hydrogen-bond acceptors (Lipinski definition) is 2. The van der Waals surface area contributed by atoms with E-state index in [1.165, 1.54) is 16.5 Å². The van der Waals surface area contributed by atoms with E-state index in [1.54, 1.807) is 6.40 Å². The first-order chi connectivity index (χ1) is 9.22. The van der Waals surface area contributed by atoms with E-state index in [0.29, 0.717) is 0 Å². The average Bonchev–Trinajstić information content (AvgIpc) is 2.84. The predicted octanol–water partition coefficient (Wildman–Crippen LogP) is 4.90. The van der Waals surface area contributed by atoms with Crippen molar-refractivity contribution >= 4 is 34.9 Å². The molecule has 1 aliphatic rings. The summed E-state index contributed by atoms with van der Waals surface area (Å²) in [6, 6.07) is 10.8. The molecule has 2 rings (SSSR count). The molecule has 0 N–H and O–H groups in total. The van der Waals surface area contributed by atoms with Crippen molar-refractivity contribution in [1.82, 2.24) is 0 Å². The molecule has 0 bridgehead atoms. The molecule has 1 heterocycles. The molecule has 5 heteroatoms. The van der Waals surface area contributed by atoms with E-state index in [-0.39, 0.29) is 11.6 Å². The van der Waals surface area contributed by atoms with Gasteiger partial charge in [0.1, 0.15) is 5.60 Å². The van der Waals surface area contributed by atoms with E-state index >= 15 is 0 Å². The summed E-state index contributed by atoms with van der Waals surface area (Å²) in [6.07, 6.45) is 4.64. The summed E-state index contributed by atoms with van der Waals surface area (Å²) >= 11 is 6.00. The molecule has 0 spiro atoms. The van der Waals surface area contributed by atoms with Gasteiger partial charge in [-0.05, 0) is 24.8 Å². The number of nitrogens with zero attached hydrogens (tertiary/aromatic N) is 1. The first kappa shape index (κ1) is 17.2. The van der Waals surface area contributed by atoms with Crippen LogP contribution in [0.2, 0.25) is 0 Å². The summed E-state index contributed by atoms with van der Waals surface area (Å²) in [5.74, 6) is 0. The van der Waals surface area contributed by atoms with Gasteiger partial charge in [-0.3, -0.25) is 4.99 Å². The Morgan fingerprint density at radius 3 is 2.32 bits per heavy atom. The molecule has 0 fully saturated rings. The molecular formula is C14H19Br2NNiO. The van der Waals surface area contributed by atoms with Crippen molar-refractivity contribution in [3.8, 4) is 0 Å². The van der Waals surface area contributed by atoms with Crippen molar-refractivity contribution in [1.29, 1.82) is 0 Å². The fourth-order valence-electron chi connectivity index (χ4n) is 2.39. The minimum atomic E-state index is -0.0736. The quantitative estimate of drug-likeness (QED) is 0.616. The SMILES string of the molecule is CCC1(CC)OC=N[C@@H]1Cc1ccccc1.[Br][Ni][Br]. The third kappa shape index (κ3) is 4.88. The maximum absolute atomic E-state index is 5.73. The van der Waals surface area contributed by atoms with E-state index in [9.17, 15) is 0 Å².